The fourth-order valence-corrected chi connectivity index (χ4v) is 5.06. The second kappa shape index (κ2) is 12.6. The van der Waals surface area contributed by atoms with Crippen molar-refractivity contribution in [1.29, 1.82) is 0 Å². The number of pyridine rings is 4. The van der Waals surface area contributed by atoms with Crippen molar-refractivity contribution in [2.24, 2.45) is 20.5 Å². The zero-order valence-electron chi connectivity index (χ0n) is 24.3. The van der Waals surface area contributed by atoms with E-state index in [1.165, 1.54) is 22.3 Å². The highest BCUT2D eigenvalue weighted by Gasteiger charge is 2.09. The minimum atomic E-state index is 0.785. The quantitative estimate of drug-likeness (QED) is 0.194. The standard InChI is InChI=1S/C36H32N8/c1-2-30-4-3-29(1)25-41-17-9-33(10-18-41)37-39-35-13-21-43(22-14-35)27-31-5-7-32(8-6-31)28-44-23-15-36(16-24-44)40-38-34-11-19-42(26-30)20-12-34/h1-24H,25-28H2/q+4. The molecule has 20 heterocycles. The third-order valence-electron chi connectivity index (χ3n) is 7.56. The van der Waals surface area contributed by atoms with Gasteiger partial charge in [-0.25, -0.2) is 18.3 Å². The van der Waals surface area contributed by atoms with Gasteiger partial charge in [0.2, 0.25) is 0 Å². The van der Waals surface area contributed by atoms with Crippen molar-refractivity contribution in [2.75, 3.05) is 0 Å². The van der Waals surface area contributed by atoms with E-state index in [4.69, 9.17) is 0 Å². The second-order valence-electron chi connectivity index (χ2n) is 10.9. The fourth-order valence-electron chi connectivity index (χ4n) is 5.06. The molecular weight excluding hydrogens is 544 g/mol. The zero-order valence-corrected chi connectivity index (χ0v) is 24.3. The molecule has 8 heteroatoms. The van der Waals surface area contributed by atoms with Crippen molar-refractivity contribution >= 4 is 22.7 Å². The predicted octanol–water partition coefficient (Wildman–Crippen LogP) is 6.17. The molecule has 12 bridgehead atoms. The molecule has 0 saturated heterocycles. The van der Waals surface area contributed by atoms with E-state index in [9.17, 15) is 0 Å². The molecule has 0 radical (unpaired) electrons. The predicted molar refractivity (Wildman–Crippen MR) is 164 cm³/mol. The Kier molecular flexibility index (Phi) is 7.78. The first-order valence-electron chi connectivity index (χ1n) is 14.7. The molecule has 0 atom stereocenters. The molecule has 212 valence electrons. The van der Waals surface area contributed by atoms with E-state index in [0.29, 0.717) is 0 Å². The van der Waals surface area contributed by atoms with E-state index in [-0.39, 0.29) is 0 Å². The first kappa shape index (κ1) is 27.1. The lowest BCUT2D eigenvalue weighted by atomic mass is 10.1. The average molecular weight is 577 g/mol. The molecule has 2 aromatic carbocycles. The Morgan fingerprint density at radius 1 is 0.273 bits per heavy atom. The zero-order chi connectivity index (χ0) is 29.6. The van der Waals surface area contributed by atoms with Gasteiger partial charge in [-0.05, 0) is 0 Å². The largest absolute Gasteiger partial charge is 0.201 e. The number of aromatic nitrogens is 4. The lowest BCUT2D eigenvalue weighted by molar-refractivity contribution is -0.688. The van der Waals surface area contributed by atoms with Crippen LogP contribution in [0.2, 0.25) is 0 Å². The number of rotatable bonds is 0. The number of hydrogen-bond donors (Lipinski definition) is 0. The summed E-state index contributed by atoms with van der Waals surface area (Å²) in [6.45, 7) is 3.14. The van der Waals surface area contributed by atoms with Gasteiger partial charge in [-0.1, -0.05) is 48.5 Å². The molecule has 4 aromatic heterocycles. The van der Waals surface area contributed by atoms with Crippen LogP contribution in [0.25, 0.3) is 0 Å². The van der Waals surface area contributed by atoms with E-state index in [2.05, 4.69) is 87.3 Å². The highest BCUT2D eigenvalue weighted by Crippen LogP contribution is 2.17. The Morgan fingerprint density at radius 3 is 0.636 bits per heavy atom. The smallest absolute Gasteiger partial charge is 0.173 e. The summed E-state index contributed by atoms with van der Waals surface area (Å²) in [5.74, 6) is 0. The second-order valence-corrected chi connectivity index (χ2v) is 10.9. The minimum Gasteiger partial charge on any atom is -0.201 e. The molecule has 22 rings (SSSR count). The van der Waals surface area contributed by atoms with Gasteiger partial charge in [0.05, 0.1) is 22.7 Å². The van der Waals surface area contributed by atoms with E-state index in [1.807, 2.05) is 98.1 Å². The van der Waals surface area contributed by atoms with Gasteiger partial charge in [-0.3, -0.25) is 0 Å². The summed E-state index contributed by atoms with van der Waals surface area (Å²) in [6.07, 6.45) is 16.3. The van der Waals surface area contributed by atoms with Crippen molar-refractivity contribution < 1.29 is 18.3 Å². The van der Waals surface area contributed by atoms with E-state index >= 15 is 0 Å². The van der Waals surface area contributed by atoms with Crippen LogP contribution in [0.4, 0.5) is 22.7 Å². The van der Waals surface area contributed by atoms with E-state index < -0.39 is 0 Å². The molecule has 6 aromatic rings. The van der Waals surface area contributed by atoms with Crippen molar-refractivity contribution in [3.63, 3.8) is 0 Å². The van der Waals surface area contributed by atoms with Gasteiger partial charge in [-0.2, -0.15) is 20.5 Å². The first-order chi connectivity index (χ1) is 21.7. The highest BCUT2D eigenvalue weighted by molar-refractivity contribution is 5.37. The Hall–Kier alpha value is -5.76. The van der Waals surface area contributed by atoms with Crippen molar-refractivity contribution in [1.82, 2.24) is 0 Å². The molecule has 0 aliphatic carbocycles. The Morgan fingerprint density at radius 2 is 0.455 bits per heavy atom. The molecule has 44 heavy (non-hydrogen) atoms. The summed E-state index contributed by atoms with van der Waals surface area (Å²) < 4.78 is 8.57. The minimum absolute atomic E-state index is 0.785. The SMILES string of the molecule is c1cc2ccc1C[n+]1ccc(cc1)N=Nc1cc[n+](cc1)Cc1ccc(cc1)C[n+]1ccc(cc1)N=Nc1cc[n+](cc1)C2. The van der Waals surface area contributed by atoms with Crippen molar-refractivity contribution in [2.45, 2.75) is 26.2 Å². The lowest BCUT2D eigenvalue weighted by Gasteiger charge is -2.02. The molecule has 16 aliphatic heterocycles. The van der Waals surface area contributed by atoms with Gasteiger partial charge in [0.15, 0.2) is 75.8 Å². The van der Waals surface area contributed by atoms with Gasteiger partial charge in [0, 0.05) is 70.8 Å². The number of benzene rings is 2. The van der Waals surface area contributed by atoms with Crippen LogP contribution in [0.1, 0.15) is 22.3 Å². The molecule has 0 N–H and O–H groups in total. The van der Waals surface area contributed by atoms with Crippen molar-refractivity contribution in [3.05, 3.63) is 169 Å². The van der Waals surface area contributed by atoms with Crippen LogP contribution >= 0.6 is 0 Å². The Labute approximate surface area is 256 Å². The summed E-state index contributed by atoms with van der Waals surface area (Å²) >= 11 is 0. The number of hydrogen-bond acceptors (Lipinski definition) is 4. The van der Waals surface area contributed by atoms with Crippen LogP contribution in [0.3, 0.4) is 0 Å². The average Bonchev–Trinajstić information content (AvgIpc) is 3.07. The molecule has 0 saturated carbocycles. The first-order valence-corrected chi connectivity index (χ1v) is 14.7. The van der Waals surface area contributed by atoms with Gasteiger partial charge in [0.1, 0.15) is 0 Å². The molecular formula is C36H32N8+4. The van der Waals surface area contributed by atoms with Crippen LogP contribution in [-0.4, -0.2) is 0 Å². The Bertz CT molecular complexity index is 1610. The summed E-state index contributed by atoms with van der Waals surface area (Å²) in [4.78, 5) is 0. The van der Waals surface area contributed by atoms with Gasteiger partial charge in [-0.15, -0.1) is 0 Å². The highest BCUT2D eigenvalue weighted by atomic mass is 15.1. The van der Waals surface area contributed by atoms with Gasteiger partial charge < -0.3 is 0 Å². The monoisotopic (exact) mass is 576 g/mol. The summed E-state index contributed by atoms with van der Waals surface area (Å²) in [5.41, 5.74) is 8.21. The van der Waals surface area contributed by atoms with E-state index in [1.54, 1.807) is 0 Å². The van der Waals surface area contributed by atoms with Gasteiger partial charge in [0.25, 0.3) is 0 Å². The fraction of sp³-hybridized carbons (Fsp3) is 0.111. The third-order valence-corrected chi connectivity index (χ3v) is 7.56. The molecule has 0 unspecified atom stereocenters. The molecule has 16 aliphatic rings. The van der Waals surface area contributed by atoms with Crippen LogP contribution in [0.15, 0.2) is 167 Å². The van der Waals surface area contributed by atoms with Crippen LogP contribution in [0.5, 0.6) is 0 Å². The normalized spacial score (nSPS) is 12.9. The van der Waals surface area contributed by atoms with Gasteiger partial charge >= 0.3 is 0 Å². The number of nitrogens with zero attached hydrogens (tertiary/aromatic N) is 8. The number of azo groups is 2. The van der Waals surface area contributed by atoms with Crippen LogP contribution in [-0.2, 0) is 26.2 Å². The maximum absolute atomic E-state index is 4.43. The molecule has 0 fully saturated rings. The molecule has 0 amide bonds. The van der Waals surface area contributed by atoms with Crippen molar-refractivity contribution in [3.8, 4) is 0 Å². The topological polar surface area (TPSA) is 65.0 Å². The summed E-state index contributed by atoms with van der Waals surface area (Å²) in [7, 11) is 0. The van der Waals surface area contributed by atoms with Crippen LogP contribution < -0.4 is 18.3 Å². The third kappa shape index (κ3) is 6.99. The maximum Gasteiger partial charge on any atom is 0.173 e. The van der Waals surface area contributed by atoms with E-state index in [0.717, 1.165) is 48.9 Å². The lowest BCUT2D eigenvalue weighted by Crippen LogP contribution is -2.33. The summed E-state index contributed by atoms with van der Waals surface area (Å²) in [5, 5.41) is 17.7. The summed E-state index contributed by atoms with van der Waals surface area (Å²) in [6, 6.07) is 33.4. The Balaban J connectivity index is 1.13. The molecule has 0 spiro atoms. The maximum atomic E-state index is 4.43. The van der Waals surface area contributed by atoms with Crippen LogP contribution in [0, 0.1) is 0 Å². The molecule has 8 nitrogen and oxygen atoms in total.